The molecule has 0 bridgehead atoms. The summed E-state index contributed by atoms with van der Waals surface area (Å²) in [4.78, 5) is 37.5. The zero-order valence-electron chi connectivity index (χ0n) is 55.0. The van der Waals surface area contributed by atoms with E-state index in [1.807, 2.05) is 21.1 Å². The highest BCUT2D eigenvalue weighted by atomic mass is 16.7. The summed E-state index contributed by atoms with van der Waals surface area (Å²) >= 11 is 0. The molecule has 85 heavy (non-hydrogen) atoms. The second-order valence-electron chi connectivity index (χ2n) is 23.4. The third kappa shape index (κ3) is 66.5. The monoisotopic (exact) mass is 1180 g/mol. The Hall–Kier alpha value is -4.83. The molecule has 0 aromatic carbocycles. The molecule has 0 fully saturated rings. The van der Waals surface area contributed by atoms with Gasteiger partial charge in [-0.1, -0.05) is 282 Å². The molecule has 0 saturated carbocycles. The summed E-state index contributed by atoms with van der Waals surface area (Å²) in [5.41, 5.74) is 0. The third-order valence-electron chi connectivity index (χ3n) is 14.1. The molecule has 0 saturated heterocycles. The molecule has 1 N–H and O–H groups in total. The maximum absolute atomic E-state index is 12.9. The van der Waals surface area contributed by atoms with Crippen LogP contribution in [0.25, 0.3) is 0 Å². The highest BCUT2D eigenvalue weighted by Gasteiger charge is 2.25. The molecule has 0 aromatic heterocycles. The van der Waals surface area contributed by atoms with Crippen molar-refractivity contribution in [2.75, 3.05) is 47.5 Å². The standard InChI is InChI=1S/C76H125NO8/c1-6-8-10-12-14-16-18-20-22-24-26-28-30-31-32-33-34-35-36-37-38-39-40-41-42-43-45-46-48-50-52-54-56-58-60-62-64-66-73(78)83-70-72(71-84-76(75(80)81)82-69-68-77(3,4)5)85-74(79)67-65-63-61-59-57-55-53-51-49-47-44-29-27-25-23-21-19-17-15-13-11-9-7-2/h8-11,14-17,20-23,26-29,31-32,47,49,53,55,59,61,72,76H,6-7,12-13,18-19,24-25,30,33-46,48,50-52,54,56-58,60,62-71H2,1-5H3/p+1/b10-8-,11-9-,16-14-,17-15-,22-20-,23-21-,28-26-,29-27-,32-31-,49-47-,55-53-,61-59-. The molecule has 482 valence electrons. The highest BCUT2D eigenvalue weighted by Crippen LogP contribution is 2.17. The summed E-state index contributed by atoms with van der Waals surface area (Å²) in [6.45, 7) is 4.58. The van der Waals surface area contributed by atoms with Crippen LogP contribution in [0.4, 0.5) is 0 Å². The van der Waals surface area contributed by atoms with E-state index in [1.165, 1.54) is 122 Å². The van der Waals surface area contributed by atoms with Crippen LogP contribution in [0.2, 0.25) is 0 Å². The SMILES string of the molecule is CC/C=C\C/C=C\C/C=C\C/C=C\C/C=C\C/C=C\C/C=C\CCCC(=O)OC(COC(=O)CCCCCCCCCCCCCCCCCCCCCCC/C=C\C/C=C\C/C=C\C/C=C\C/C=C\CC)COC(OCC[N+](C)(C)C)C(=O)O. The summed E-state index contributed by atoms with van der Waals surface area (Å²) in [5, 5.41) is 9.73. The zero-order valence-corrected chi connectivity index (χ0v) is 55.0. The van der Waals surface area contributed by atoms with Gasteiger partial charge >= 0.3 is 17.9 Å². The van der Waals surface area contributed by atoms with Gasteiger partial charge in [0.15, 0.2) is 6.10 Å². The first-order chi connectivity index (χ1) is 41.6. The van der Waals surface area contributed by atoms with E-state index in [1.54, 1.807) is 0 Å². The molecular formula is C76H126NO8+. The molecule has 0 amide bonds. The molecule has 0 aliphatic heterocycles. The Morgan fingerprint density at radius 2 is 0.647 bits per heavy atom. The van der Waals surface area contributed by atoms with Gasteiger partial charge in [0.25, 0.3) is 6.29 Å². The Morgan fingerprint density at radius 1 is 0.353 bits per heavy atom. The van der Waals surface area contributed by atoms with Crippen molar-refractivity contribution in [1.82, 2.24) is 0 Å². The first-order valence-electron chi connectivity index (χ1n) is 34.0. The number of quaternary nitrogens is 1. The van der Waals surface area contributed by atoms with Gasteiger partial charge < -0.3 is 28.5 Å². The molecule has 0 heterocycles. The number of ether oxygens (including phenoxy) is 4. The summed E-state index contributed by atoms with van der Waals surface area (Å²) < 4.78 is 22.9. The van der Waals surface area contributed by atoms with Gasteiger partial charge in [-0.3, -0.25) is 9.59 Å². The minimum Gasteiger partial charge on any atom is -0.477 e. The maximum Gasteiger partial charge on any atom is 0.361 e. The van der Waals surface area contributed by atoms with Gasteiger partial charge in [0.2, 0.25) is 0 Å². The van der Waals surface area contributed by atoms with Crippen LogP contribution < -0.4 is 0 Å². The lowest BCUT2D eigenvalue weighted by Gasteiger charge is -2.25. The van der Waals surface area contributed by atoms with Crippen LogP contribution in [0.15, 0.2) is 146 Å². The van der Waals surface area contributed by atoms with Crippen molar-refractivity contribution in [2.24, 2.45) is 0 Å². The van der Waals surface area contributed by atoms with E-state index in [4.69, 9.17) is 18.9 Å². The van der Waals surface area contributed by atoms with Gasteiger partial charge in [-0.15, -0.1) is 0 Å². The van der Waals surface area contributed by atoms with E-state index in [0.717, 1.165) is 96.3 Å². The lowest BCUT2D eigenvalue weighted by Crippen LogP contribution is -2.40. The first-order valence-corrected chi connectivity index (χ1v) is 34.0. The molecule has 0 rings (SSSR count). The summed E-state index contributed by atoms with van der Waals surface area (Å²) in [5.74, 6) is -2.09. The second-order valence-corrected chi connectivity index (χ2v) is 23.4. The molecule has 2 unspecified atom stereocenters. The van der Waals surface area contributed by atoms with E-state index >= 15 is 0 Å². The Labute approximate surface area is 522 Å². The molecule has 0 radical (unpaired) electrons. The fourth-order valence-corrected chi connectivity index (χ4v) is 8.97. The van der Waals surface area contributed by atoms with Crippen LogP contribution in [0.1, 0.15) is 258 Å². The number of nitrogens with zero attached hydrogens (tertiary/aromatic N) is 1. The number of unbranched alkanes of at least 4 members (excludes halogenated alkanes) is 22. The minimum absolute atomic E-state index is 0.171. The Kier molecular flexibility index (Phi) is 61.4. The Balaban J connectivity index is 4.14. The molecule has 2 atom stereocenters. The smallest absolute Gasteiger partial charge is 0.361 e. The van der Waals surface area contributed by atoms with E-state index in [9.17, 15) is 19.5 Å². The van der Waals surface area contributed by atoms with E-state index in [0.29, 0.717) is 23.9 Å². The maximum atomic E-state index is 12.9. The average Bonchev–Trinajstić information content (AvgIpc) is 3.49. The summed E-state index contributed by atoms with van der Waals surface area (Å²) in [7, 11) is 5.95. The highest BCUT2D eigenvalue weighted by molar-refractivity contribution is 5.71. The minimum atomic E-state index is -1.53. The predicted molar refractivity (Wildman–Crippen MR) is 364 cm³/mol. The quantitative estimate of drug-likeness (QED) is 0.0211. The van der Waals surface area contributed by atoms with E-state index < -0.39 is 24.3 Å². The first kappa shape index (κ1) is 80.2. The van der Waals surface area contributed by atoms with Crippen LogP contribution in [0, 0.1) is 0 Å². The predicted octanol–water partition coefficient (Wildman–Crippen LogP) is 21.1. The number of carboxylic acids is 1. The average molecular weight is 1180 g/mol. The number of carbonyl (C=O) groups is 3. The number of carboxylic acid groups (broad SMARTS) is 1. The Bertz CT molecular complexity index is 1900. The fourth-order valence-electron chi connectivity index (χ4n) is 8.97. The molecule has 0 aliphatic carbocycles. The van der Waals surface area contributed by atoms with Gasteiger partial charge in [-0.2, -0.15) is 0 Å². The number of esters is 2. The number of hydrogen-bond donors (Lipinski definition) is 1. The van der Waals surface area contributed by atoms with E-state index in [2.05, 4.69) is 160 Å². The molecule has 9 nitrogen and oxygen atoms in total. The van der Waals surface area contributed by atoms with Crippen molar-refractivity contribution in [3.63, 3.8) is 0 Å². The largest absolute Gasteiger partial charge is 0.477 e. The van der Waals surface area contributed by atoms with Gasteiger partial charge in [0.1, 0.15) is 13.2 Å². The van der Waals surface area contributed by atoms with Crippen molar-refractivity contribution in [3.05, 3.63) is 146 Å². The number of hydrogen-bond acceptors (Lipinski definition) is 7. The van der Waals surface area contributed by atoms with Crippen molar-refractivity contribution in [3.8, 4) is 0 Å². The number of aliphatic carboxylic acids is 1. The van der Waals surface area contributed by atoms with Crippen molar-refractivity contribution < 1.29 is 42.9 Å². The van der Waals surface area contributed by atoms with Crippen molar-refractivity contribution in [1.29, 1.82) is 0 Å². The van der Waals surface area contributed by atoms with Crippen molar-refractivity contribution >= 4 is 17.9 Å². The van der Waals surface area contributed by atoms with Crippen LogP contribution >= 0.6 is 0 Å². The summed E-state index contributed by atoms with van der Waals surface area (Å²) in [6.07, 6.45) is 92.6. The van der Waals surface area contributed by atoms with Gasteiger partial charge in [0.05, 0.1) is 34.4 Å². The number of rotatable bonds is 61. The van der Waals surface area contributed by atoms with E-state index in [-0.39, 0.29) is 38.6 Å². The molecule has 0 aliphatic rings. The fraction of sp³-hybridized carbons (Fsp3) is 0.645. The van der Waals surface area contributed by atoms with Crippen molar-refractivity contribution in [2.45, 2.75) is 270 Å². The lowest BCUT2D eigenvalue weighted by atomic mass is 10.0. The third-order valence-corrected chi connectivity index (χ3v) is 14.1. The van der Waals surface area contributed by atoms with Gasteiger partial charge in [-0.25, -0.2) is 4.79 Å². The topological polar surface area (TPSA) is 108 Å². The van der Waals surface area contributed by atoms with Crippen LogP contribution in [-0.2, 0) is 33.3 Å². The molecular weight excluding hydrogens is 1050 g/mol. The number of likely N-dealkylation sites (N-methyl/N-ethyl adjacent to an activating group) is 1. The lowest BCUT2D eigenvalue weighted by molar-refractivity contribution is -0.870. The van der Waals surface area contributed by atoms with Crippen LogP contribution in [0.5, 0.6) is 0 Å². The normalized spacial score (nSPS) is 13.7. The van der Waals surface area contributed by atoms with Crippen LogP contribution in [-0.4, -0.2) is 87.4 Å². The zero-order chi connectivity index (χ0) is 61.9. The number of allylic oxidation sites excluding steroid dienone is 24. The van der Waals surface area contributed by atoms with Gasteiger partial charge in [-0.05, 0) is 109 Å². The molecule has 0 aromatic rings. The van der Waals surface area contributed by atoms with Gasteiger partial charge in [0, 0.05) is 12.8 Å². The molecule has 0 spiro atoms. The number of carbonyl (C=O) groups excluding carboxylic acids is 2. The van der Waals surface area contributed by atoms with Crippen LogP contribution in [0.3, 0.4) is 0 Å². The summed E-state index contributed by atoms with van der Waals surface area (Å²) in [6, 6.07) is 0. The molecule has 9 heteroatoms. The Morgan fingerprint density at radius 3 is 0.976 bits per heavy atom. The second kappa shape index (κ2) is 65.2.